The number of carbonyl (C=O) groups excluding carboxylic acids is 1. The number of nitrogens with one attached hydrogen (secondary N) is 1. The molecular formula is C21H26BrN5O2. The quantitative estimate of drug-likeness (QED) is 0.578. The number of benzene rings is 1. The summed E-state index contributed by atoms with van der Waals surface area (Å²) in [5.41, 5.74) is 2.19. The lowest BCUT2D eigenvalue weighted by Gasteiger charge is -2.21. The van der Waals surface area contributed by atoms with Crippen LogP contribution >= 0.6 is 15.9 Å². The van der Waals surface area contributed by atoms with Gasteiger partial charge in [-0.25, -0.2) is 4.98 Å². The number of unbranched alkanes of at least 4 members (excludes halogenated alkanes) is 1. The van der Waals surface area contributed by atoms with Crippen molar-refractivity contribution in [3.63, 3.8) is 0 Å². The maximum atomic E-state index is 12.9. The molecule has 0 atom stereocenters. The van der Waals surface area contributed by atoms with E-state index in [1.54, 1.807) is 4.90 Å². The minimum absolute atomic E-state index is 0.0806. The van der Waals surface area contributed by atoms with Crippen molar-refractivity contribution in [1.82, 2.24) is 19.6 Å². The largest absolute Gasteiger partial charge is 0.277 e. The highest BCUT2D eigenvalue weighted by Crippen LogP contribution is 2.19. The van der Waals surface area contributed by atoms with Crippen molar-refractivity contribution in [2.75, 3.05) is 4.90 Å². The van der Waals surface area contributed by atoms with Gasteiger partial charge in [-0.15, -0.1) is 0 Å². The standard InChI is InChI=1S/C21H26BrN5O2/c1-5-6-7-17-14(4)23-20-24-21(25-27(20)19(17)29)26(18(28)13(2)3)12-15-8-10-16(22)11-9-15/h8-11,13H,5-7,12H2,1-4H3,(H,23,24,25). The van der Waals surface area contributed by atoms with Crippen molar-refractivity contribution < 1.29 is 4.79 Å². The molecule has 29 heavy (non-hydrogen) atoms. The van der Waals surface area contributed by atoms with Gasteiger partial charge < -0.3 is 0 Å². The maximum Gasteiger partial charge on any atom is 0.277 e. The Balaban J connectivity index is 2.05. The third-order valence-corrected chi connectivity index (χ3v) is 5.36. The van der Waals surface area contributed by atoms with Gasteiger partial charge in [-0.05, 0) is 37.5 Å². The minimum atomic E-state index is -0.217. The highest BCUT2D eigenvalue weighted by Gasteiger charge is 2.24. The first-order chi connectivity index (χ1) is 13.8. The Bertz CT molecular complexity index is 1070. The van der Waals surface area contributed by atoms with E-state index >= 15 is 0 Å². The number of H-pyrrole nitrogens is 1. The fraction of sp³-hybridized carbons (Fsp3) is 0.429. The zero-order valence-electron chi connectivity index (χ0n) is 17.2. The van der Waals surface area contributed by atoms with Crippen LogP contribution in [0.2, 0.25) is 0 Å². The molecule has 154 valence electrons. The lowest BCUT2D eigenvalue weighted by Crippen LogP contribution is -2.34. The van der Waals surface area contributed by atoms with Crippen LogP contribution in [0, 0.1) is 12.8 Å². The van der Waals surface area contributed by atoms with Crippen LogP contribution in [0.4, 0.5) is 5.95 Å². The molecule has 2 aromatic heterocycles. The molecule has 3 rings (SSSR count). The number of hydrogen-bond acceptors (Lipinski definition) is 4. The van der Waals surface area contributed by atoms with E-state index in [0.717, 1.165) is 22.9 Å². The van der Waals surface area contributed by atoms with Crippen LogP contribution in [-0.2, 0) is 17.8 Å². The van der Waals surface area contributed by atoms with Crippen molar-refractivity contribution >= 4 is 33.6 Å². The van der Waals surface area contributed by atoms with Crippen molar-refractivity contribution in [3.05, 3.63) is 55.9 Å². The van der Waals surface area contributed by atoms with E-state index in [4.69, 9.17) is 0 Å². The van der Waals surface area contributed by atoms with Gasteiger partial charge in [0.05, 0.1) is 12.2 Å². The molecule has 0 fully saturated rings. The number of hydrogen-bond donors (Lipinski definition) is 1. The lowest BCUT2D eigenvalue weighted by molar-refractivity contribution is -0.121. The number of amides is 1. The summed E-state index contributed by atoms with van der Waals surface area (Å²) in [6.45, 7) is 7.96. The summed E-state index contributed by atoms with van der Waals surface area (Å²) in [6.07, 6.45) is 2.60. The predicted molar refractivity (Wildman–Crippen MR) is 117 cm³/mol. The predicted octanol–water partition coefficient (Wildman–Crippen LogP) is 4.02. The van der Waals surface area contributed by atoms with E-state index in [1.807, 2.05) is 45.0 Å². The summed E-state index contributed by atoms with van der Waals surface area (Å²) in [4.78, 5) is 36.4. The first-order valence-corrected chi connectivity index (χ1v) is 10.6. The summed E-state index contributed by atoms with van der Waals surface area (Å²) in [5.74, 6) is 0.302. The van der Waals surface area contributed by atoms with Gasteiger partial charge in [0.15, 0.2) is 0 Å². The van der Waals surface area contributed by atoms with Gasteiger partial charge in [-0.3, -0.25) is 19.6 Å². The summed E-state index contributed by atoms with van der Waals surface area (Å²) in [6, 6.07) is 7.76. The topological polar surface area (TPSA) is 83.4 Å². The summed E-state index contributed by atoms with van der Waals surface area (Å²) >= 11 is 3.43. The van der Waals surface area contributed by atoms with Crippen molar-refractivity contribution in [3.8, 4) is 0 Å². The second-order valence-corrected chi connectivity index (χ2v) is 8.39. The molecule has 0 unspecified atom stereocenters. The third-order valence-electron chi connectivity index (χ3n) is 4.83. The number of nitrogens with zero attached hydrogens (tertiary/aromatic N) is 4. The van der Waals surface area contributed by atoms with E-state index < -0.39 is 0 Å². The average molecular weight is 460 g/mol. The Morgan fingerprint density at radius 3 is 2.55 bits per heavy atom. The second kappa shape index (κ2) is 8.90. The summed E-state index contributed by atoms with van der Waals surface area (Å²) in [5, 5.41) is 3.00. The molecule has 0 saturated heterocycles. The van der Waals surface area contributed by atoms with E-state index in [0.29, 0.717) is 30.2 Å². The Morgan fingerprint density at radius 1 is 1.24 bits per heavy atom. The van der Waals surface area contributed by atoms with Crippen LogP contribution in [0.25, 0.3) is 5.78 Å². The van der Waals surface area contributed by atoms with Crippen LogP contribution in [0.5, 0.6) is 0 Å². The molecule has 0 aliphatic carbocycles. The van der Waals surface area contributed by atoms with Crippen molar-refractivity contribution in [1.29, 1.82) is 0 Å². The molecule has 0 aliphatic rings. The van der Waals surface area contributed by atoms with Crippen LogP contribution < -0.4 is 10.5 Å². The molecule has 1 aromatic carbocycles. The van der Waals surface area contributed by atoms with Gasteiger partial charge in [0.2, 0.25) is 11.9 Å². The van der Waals surface area contributed by atoms with Gasteiger partial charge in [0.25, 0.3) is 11.3 Å². The number of anilines is 1. The number of aryl methyl sites for hydroxylation is 1. The van der Waals surface area contributed by atoms with E-state index in [1.165, 1.54) is 4.52 Å². The van der Waals surface area contributed by atoms with Crippen LogP contribution in [0.3, 0.4) is 0 Å². The van der Waals surface area contributed by atoms with Gasteiger partial charge in [0.1, 0.15) is 0 Å². The Hall–Kier alpha value is -2.48. The smallest absolute Gasteiger partial charge is 0.276 e. The molecule has 0 spiro atoms. The number of aromatic nitrogens is 4. The Labute approximate surface area is 178 Å². The van der Waals surface area contributed by atoms with Crippen molar-refractivity contribution in [2.45, 2.75) is 53.5 Å². The fourth-order valence-electron chi connectivity index (χ4n) is 3.15. The summed E-state index contributed by atoms with van der Waals surface area (Å²) < 4.78 is 2.31. The van der Waals surface area contributed by atoms with Gasteiger partial charge >= 0.3 is 0 Å². The molecule has 3 aromatic rings. The van der Waals surface area contributed by atoms with Crippen molar-refractivity contribution in [2.24, 2.45) is 5.92 Å². The molecule has 2 heterocycles. The molecular weight excluding hydrogens is 434 g/mol. The number of rotatable bonds is 7. The SMILES string of the molecule is CCCCc1c(C)nc2nc(N(Cc3ccc(Br)cc3)C(=O)C(C)C)[nH]n2c1=O. The fourth-order valence-corrected chi connectivity index (χ4v) is 3.41. The molecule has 8 heteroatoms. The minimum Gasteiger partial charge on any atom is -0.276 e. The van der Waals surface area contributed by atoms with Crippen LogP contribution in [0.15, 0.2) is 33.5 Å². The van der Waals surface area contributed by atoms with Gasteiger partial charge in [-0.1, -0.05) is 55.3 Å². The summed E-state index contributed by atoms with van der Waals surface area (Å²) in [7, 11) is 0. The van der Waals surface area contributed by atoms with E-state index in [2.05, 4.69) is 37.9 Å². The molecule has 1 N–H and O–H groups in total. The van der Waals surface area contributed by atoms with Crippen LogP contribution in [0.1, 0.15) is 50.4 Å². The first-order valence-electron chi connectivity index (χ1n) is 9.85. The molecule has 0 saturated carbocycles. The molecule has 0 radical (unpaired) electrons. The highest BCUT2D eigenvalue weighted by molar-refractivity contribution is 9.10. The van der Waals surface area contributed by atoms with Crippen LogP contribution in [-0.4, -0.2) is 25.5 Å². The Kier molecular flexibility index (Phi) is 6.52. The second-order valence-electron chi connectivity index (χ2n) is 7.47. The monoisotopic (exact) mass is 459 g/mol. The van der Waals surface area contributed by atoms with Gasteiger partial charge in [-0.2, -0.15) is 9.50 Å². The lowest BCUT2D eigenvalue weighted by atomic mass is 10.1. The highest BCUT2D eigenvalue weighted by atomic mass is 79.9. The molecule has 1 amide bonds. The number of halogens is 1. The number of carbonyl (C=O) groups is 1. The average Bonchev–Trinajstić information content (AvgIpc) is 3.10. The zero-order chi connectivity index (χ0) is 21.1. The van der Waals surface area contributed by atoms with E-state index in [9.17, 15) is 9.59 Å². The first kappa shape index (κ1) is 21.2. The number of fused-ring (bicyclic) bond motifs is 1. The molecule has 7 nitrogen and oxygen atoms in total. The van der Waals surface area contributed by atoms with Gasteiger partial charge in [0, 0.05) is 16.0 Å². The molecule has 0 aliphatic heterocycles. The third kappa shape index (κ3) is 4.58. The zero-order valence-corrected chi connectivity index (χ0v) is 18.8. The number of aromatic amines is 1. The van der Waals surface area contributed by atoms with E-state index in [-0.39, 0.29) is 23.2 Å². The Morgan fingerprint density at radius 2 is 1.93 bits per heavy atom. The normalized spacial score (nSPS) is 11.4. The molecule has 0 bridgehead atoms. The maximum absolute atomic E-state index is 12.9.